The van der Waals surface area contributed by atoms with E-state index in [-0.39, 0.29) is 17.9 Å². The fourth-order valence-electron chi connectivity index (χ4n) is 3.13. The number of carboxylic acids is 1. The molecule has 4 heteroatoms. The summed E-state index contributed by atoms with van der Waals surface area (Å²) in [6.07, 6.45) is 6.90. The van der Waals surface area contributed by atoms with Gasteiger partial charge in [0.2, 0.25) is 5.91 Å². The Hall–Kier alpha value is -1.06. The van der Waals surface area contributed by atoms with E-state index in [2.05, 4.69) is 5.32 Å². The number of rotatable bonds is 4. The lowest BCUT2D eigenvalue weighted by Crippen LogP contribution is -2.46. The van der Waals surface area contributed by atoms with Gasteiger partial charge < -0.3 is 10.4 Å². The molecule has 0 spiro atoms. The number of hydrogen-bond donors (Lipinski definition) is 2. The van der Waals surface area contributed by atoms with E-state index in [9.17, 15) is 14.7 Å². The Balaban J connectivity index is 1.91. The number of amides is 1. The monoisotopic (exact) mass is 253 g/mol. The molecule has 18 heavy (non-hydrogen) atoms. The van der Waals surface area contributed by atoms with Crippen LogP contribution in [0.1, 0.15) is 51.9 Å². The number of carbonyl (C=O) groups excluding carboxylic acids is 1. The quantitative estimate of drug-likeness (QED) is 0.807. The van der Waals surface area contributed by atoms with Gasteiger partial charge in [-0.1, -0.05) is 19.3 Å². The van der Waals surface area contributed by atoms with E-state index >= 15 is 0 Å². The number of hydrogen-bond acceptors (Lipinski definition) is 2. The van der Waals surface area contributed by atoms with Crippen molar-refractivity contribution in [1.82, 2.24) is 5.32 Å². The number of aliphatic carboxylic acids is 1. The second kappa shape index (κ2) is 5.72. The zero-order valence-electron chi connectivity index (χ0n) is 11.0. The summed E-state index contributed by atoms with van der Waals surface area (Å²) in [5, 5.41) is 12.2. The average Bonchev–Trinajstić information content (AvgIpc) is 2.26. The van der Waals surface area contributed by atoms with Crippen molar-refractivity contribution in [2.24, 2.45) is 17.8 Å². The Morgan fingerprint density at radius 2 is 1.67 bits per heavy atom. The van der Waals surface area contributed by atoms with Crippen LogP contribution in [0.15, 0.2) is 0 Å². The van der Waals surface area contributed by atoms with Crippen molar-refractivity contribution < 1.29 is 14.7 Å². The minimum absolute atomic E-state index is 0.0403. The number of carbonyl (C=O) groups is 2. The van der Waals surface area contributed by atoms with E-state index in [1.54, 1.807) is 0 Å². The Morgan fingerprint density at radius 1 is 1.06 bits per heavy atom. The molecule has 0 aromatic rings. The van der Waals surface area contributed by atoms with E-state index in [1.807, 2.05) is 6.92 Å². The van der Waals surface area contributed by atoms with Crippen LogP contribution in [0.25, 0.3) is 0 Å². The predicted molar refractivity (Wildman–Crippen MR) is 68.0 cm³/mol. The first-order chi connectivity index (χ1) is 8.59. The van der Waals surface area contributed by atoms with Crippen LogP contribution in [-0.4, -0.2) is 23.0 Å². The lowest BCUT2D eigenvalue weighted by Gasteiger charge is -2.34. The molecule has 0 aromatic carbocycles. The van der Waals surface area contributed by atoms with E-state index in [0.717, 1.165) is 19.3 Å². The first-order valence-corrected chi connectivity index (χ1v) is 7.12. The lowest BCUT2D eigenvalue weighted by atomic mass is 9.77. The first-order valence-electron chi connectivity index (χ1n) is 7.12. The zero-order valence-corrected chi connectivity index (χ0v) is 11.0. The van der Waals surface area contributed by atoms with Gasteiger partial charge in [0.1, 0.15) is 0 Å². The Bertz CT molecular complexity index is 325. The molecule has 0 saturated heterocycles. The summed E-state index contributed by atoms with van der Waals surface area (Å²) < 4.78 is 0. The van der Waals surface area contributed by atoms with Gasteiger partial charge in [0.05, 0.1) is 11.8 Å². The molecule has 0 bridgehead atoms. The molecule has 0 aliphatic heterocycles. The SMILES string of the molecule is CC(NC(=O)[C@@H]1CCCC[C@@H]1C(=O)O)C1CCC1. The minimum atomic E-state index is -0.814. The summed E-state index contributed by atoms with van der Waals surface area (Å²) in [5.74, 6) is -1.06. The Labute approximate surface area is 108 Å². The van der Waals surface area contributed by atoms with Crippen LogP contribution in [0.3, 0.4) is 0 Å². The maximum atomic E-state index is 12.2. The molecule has 0 radical (unpaired) electrons. The van der Waals surface area contributed by atoms with E-state index < -0.39 is 11.9 Å². The first kappa shape index (κ1) is 13.4. The topological polar surface area (TPSA) is 66.4 Å². The molecule has 4 nitrogen and oxygen atoms in total. The molecule has 2 rings (SSSR count). The highest BCUT2D eigenvalue weighted by atomic mass is 16.4. The van der Waals surface area contributed by atoms with Crippen molar-refractivity contribution in [3.8, 4) is 0 Å². The molecule has 2 N–H and O–H groups in total. The Kier molecular flexibility index (Phi) is 4.25. The van der Waals surface area contributed by atoms with Gasteiger partial charge in [0.25, 0.3) is 0 Å². The van der Waals surface area contributed by atoms with Gasteiger partial charge in [0.15, 0.2) is 0 Å². The normalized spacial score (nSPS) is 30.3. The van der Waals surface area contributed by atoms with Crippen molar-refractivity contribution in [2.75, 3.05) is 0 Å². The molecular formula is C14H23NO3. The minimum Gasteiger partial charge on any atom is -0.481 e. The van der Waals surface area contributed by atoms with E-state index in [1.165, 1.54) is 19.3 Å². The summed E-state index contributed by atoms with van der Waals surface area (Å²) in [6, 6.07) is 0.197. The molecule has 2 aliphatic carbocycles. The highest BCUT2D eigenvalue weighted by molar-refractivity contribution is 5.85. The maximum Gasteiger partial charge on any atom is 0.307 e. The van der Waals surface area contributed by atoms with E-state index in [0.29, 0.717) is 12.3 Å². The van der Waals surface area contributed by atoms with Crippen molar-refractivity contribution in [1.29, 1.82) is 0 Å². The van der Waals surface area contributed by atoms with Gasteiger partial charge in [-0.15, -0.1) is 0 Å². The number of carboxylic acid groups (broad SMARTS) is 1. The summed E-state index contributed by atoms with van der Waals surface area (Å²) in [4.78, 5) is 23.4. The fourth-order valence-corrected chi connectivity index (χ4v) is 3.13. The van der Waals surface area contributed by atoms with Crippen LogP contribution < -0.4 is 5.32 Å². The molecule has 2 aliphatic rings. The molecule has 0 heterocycles. The summed E-state index contributed by atoms with van der Waals surface area (Å²) in [6.45, 7) is 2.04. The van der Waals surface area contributed by atoms with Crippen LogP contribution in [0.5, 0.6) is 0 Å². The van der Waals surface area contributed by atoms with Gasteiger partial charge in [0, 0.05) is 6.04 Å². The molecule has 2 saturated carbocycles. The molecule has 1 unspecified atom stereocenters. The van der Waals surface area contributed by atoms with Crippen LogP contribution in [-0.2, 0) is 9.59 Å². The van der Waals surface area contributed by atoms with Crippen molar-refractivity contribution >= 4 is 11.9 Å². The second-order valence-electron chi connectivity index (χ2n) is 5.82. The zero-order chi connectivity index (χ0) is 13.1. The molecular weight excluding hydrogens is 230 g/mol. The summed E-state index contributed by atoms with van der Waals surface area (Å²) in [7, 11) is 0. The average molecular weight is 253 g/mol. The van der Waals surface area contributed by atoms with Gasteiger partial charge in [-0.2, -0.15) is 0 Å². The van der Waals surface area contributed by atoms with Gasteiger partial charge in [-0.3, -0.25) is 9.59 Å². The van der Waals surface area contributed by atoms with Crippen LogP contribution in [0.4, 0.5) is 0 Å². The van der Waals surface area contributed by atoms with Crippen molar-refractivity contribution in [3.05, 3.63) is 0 Å². The molecule has 1 amide bonds. The fraction of sp³-hybridized carbons (Fsp3) is 0.857. The standard InChI is InChI=1S/C14H23NO3/c1-9(10-5-4-6-10)15-13(16)11-7-2-3-8-12(11)14(17)18/h9-12H,2-8H2,1H3,(H,15,16)(H,17,18)/t9?,11-,12+/m1/s1. The molecule has 0 aromatic heterocycles. The van der Waals surface area contributed by atoms with Gasteiger partial charge in [-0.05, 0) is 38.5 Å². The second-order valence-corrected chi connectivity index (χ2v) is 5.82. The molecule has 2 fully saturated rings. The highest BCUT2D eigenvalue weighted by Crippen LogP contribution is 2.32. The third kappa shape index (κ3) is 2.85. The largest absolute Gasteiger partial charge is 0.481 e. The Morgan fingerprint density at radius 3 is 2.17 bits per heavy atom. The maximum absolute atomic E-state index is 12.2. The highest BCUT2D eigenvalue weighted by Gasteiger charge is 2.37. The number of nitrogens with one attached hydrogen (secondary N) is 1. The van der Waals surface area contributed by atoms with E-state index in [4.69, 9.17) is 0 Å². The van der Waals surface area contributed by atoms with Crippen LogP contribution >= 0.6 is 0 Å². The van der Waals surface area contributed by atoms with Gasteiger partial charge >= 0.3 is 5.97 Å². The van der Waals surface area contributed by atoms with Crippen molar-refractivity contribution in [2.45, 2.75) is 57.9 Å². The third-order valence-corrected chi connectivity index (χ3v) is 4.65. The smallest absolute Gasteiger partial charge is 0.307 e. The van der Waals surface area contributed by atoms with Crippen LogP contribution in [0.2, 0.25) is 0 Å². The van der Waals surface area contributed by atoms with Crippen molar-refractivity contribution in [3.63, 3.8) is 0 Å². The predicted octanol–water partition coefficient (Wildman–Crippen LogP) is 2.18. The van der Waals surface area contributed by atoms with Gasteiger partial charge in [-0.25, -0.2) is 0 Å². The molecule has 3 atom stereocenters. The summed E-state index contributed by atoms with van der Waals surface area (Å²) in [5.41, 5.74) is 0. The third-order valence-electron chi connectivity index (χ3n) is 4.65. The molecule has 102 valence electrons. The van der Waals surface area contributed by atoms with Crippen LogP contribution in [0, 0.1) is 17.8 Å². The lowest BCUT2D eigenvalue weighted by molar-refractivity contribution is -0.149. The summed E-state index contributed by atoms with van der Waals surface area (Å²) >= 11 is 0.